The molecule has 0 radical (unpaired) electrons. The summed E-state index contributed by atoms with van der Waals surface area (Å²) in [6.07, 6.45) is 3.83. The van der Waals surface area contributed by atoms with Crippen molar-refractivity contribution in [3.63, 3.8) is 0 Å². The third-order valence-electron chi connectivity index (χ3n) is 1.29. The Morgan fingerprint density at radius 3 is 2.36 bits per heavy atom. The van der Waals surface area contributed by atoms with Crippen molar-refractivity contribution in [1.82, 2.24) is 0 Å². The van der Waals surface area contributed by atoms with Gasteiger partial charge >= 0.3 is 23.3 Å². The number of carbonyl (C=O) groups excluding carboxylic acids is 1. The summed E-state index contributed by atoms with van der Waals surface area (Å²) in [6, 6.07) is 0. The van der Waals surface area contributed by atoms with Crippen LogP contribution in [-0.4, -0.2) is 29.9 Å². The average Bonchev–Trinajstić information content (AvgIpc) is 1.89. The van der Waals surface area contributed by atoms with Gasteiger partial charge in [0.05, 0.1) is 6.61 Å². The molecule has 0 aliphatic carbocycles. The normalized spacial score (nSPS) is 8.55. The van der Waals surface area contributed by atoms with E-state index in [0.717, 1.165) is 19.3 Å². The minimum atomic E-state index is -0.0593. The van der Waals surface area contributed by atoms with Crippen LogP contribution in [0.1, 0.15) is 39.5 Å². The minimum absolute atomic E-state index is 0. The third kappa shape index (κ3) is 10.0. The standard InChI is InChI=1S/C8H16O2.Al/c1-3-5-6-7-8(9)10-4-2;/h3-7H2,1-2H3;/q;+3. The number of esters is 1. The molecule has 11 heavy (non-hydrogen) atoms. The summed E-state index contributed by atoms with van der Waals surface area (Å²) >= 11 is 0. The zero-order valence-electron chi connectivity index (χ0n) is 7.43. The molecular weight excluding hydrogens is 155 g/mol. The fraction of sp³-hybridized carbons (Fsp3) is 0.875. The Morgan fingerprint density at radius 2 is 1.91 bits per heavy atom. The second-order valence-corrected chi connectivity index (χ2v) is 2.26. The van der Waals surface area contributed by atoms with Crippen molar-refractivity contribution in [2.75, 3.05) is 6.61 Å². The molecule has 0 unspecified atom stereocenters. The molecule has 0 bridgehead atoms. The van der Waals surface area contributed by atoms with Crippen molar-refractivity contribution in [1.29, 1.82) is 0 Å². The second kappa shape index (κ2) is 10.0. The Kier molecular flexibility index (Phi) is 12.4. The molecular formula is C8H16AlO2+3. The number of ether oxygens (including phenoxy) is 1. The van der Waals surface area contributed by atoms with Gasteiger partial charge < -0.3 is 4.74 Å². The van der Waals surface area contributed by atoms with Gasteiger partial charge in [-0.1, -0.05) is 19.8 Å². The summed E-state index contributed by atoms with van der Waals surface area (Å²) in [4.78, 5) is 10.7. The molecule has 0 aromatic rings. The van der Waals surface area contributed by atoms with E-state index in [4.69, 9.17) is 4.74 Å². The predicted octanol–water partition coefficient (Wildman–Crippen LogP) is 1.75. The molecule has 0 N–H and O–H groups in total. The Bertz CT molecular complexity index is 94.1. The van der Waals surface area contributed by atoms with Crippen LogP contribution in [0.2, 0.25) is 0 Å². The summed E-state index contributed by atoms with van der Waals surface area (Å²) in [5, 5.41) is 0. The van der Waals surface area contributed by atoms with Crippen molar-refractivity contribution in [3.8, 4) is 0 Å². The van der Waals surface area contributed by atoms with Crippen molar-refractivity contribution in [3.05, 3.63) is 0 Å². The number of rotatable bonds is 5. The van der Waals surface area contributed by atoms with E-state index in [1.807, 2.05) is 6.92 Å². The van der Waals surface area contributed by atoms with Gasteiger partial charge in [0.2, 0.25) is 0 Å². The van der Waals surface area contributed by atoms with Gasteiger partial charge in [-0.25, -0.2) is 0 Å². The largest absolute Gasteiger partial charge is 3.00 e. The van der Waals surface area contributed by atoms with Gasteiger partial charge in [-0.2, -0.15) is 0 Å². The van der Waals surface area contributed by atoms with Crippen LogP contribution < -0.4 is 0 Å². The molecule has 0 aliphatic heterocycles. The zero-order valence-corrected chi connectivity index (χ0v) is 8.58. The van der Waals surface area contributed by atoms with Gasteiger partial charge in [0.25, 0.3) is 0 Å². The van der Waals surface area contributed by atoms with Gasteiger partial charge in [0.1, 0.15) is 0 Å². The maximum Gasteiger partial charge on any atom is 3.00 e. The molecule has 0 spiro atoms. The maximum absolute atomic E-state index is 10.7. The molecule has 0 rings (SSSR count). The second-order valence-electron chi connectivity index (χ2n) is 2.26. The molecule has 0 aliphatic rings. The first-order valence-corrected chi connectivity index (χ1v) is 3.96. The quantitative estimate of drug-likeness (QED) is 0.358. The Balaban J connectivity index is 0. The topological polar surface area (TPSA) is 26.3 Å². The summed E-state index contributed by atoms with van der Waals surface area (Å²) in [5.41, 5.74) is 0. The number of carbonyl (C=O) groups is 1. The van der Waals surface area contributed by atoms with Crippen LogP contribution in [0, 0.1) is 0 Å². The van der Waals surface area contributed by atoms with Gasteiger partial charge in [-0.15, -0.1) is 0 Å². The van der Waals surface area contributed by atoms with Crippen molar-refractivity contribution < 1.29 is 9.53 Å². The van der Waals surface area contributed by atoms with E-state index >= 15 is 0 Å². The van der Waals surface area contributed by atoms with E-state index in [-0.39, 0.29) is 23.3 Å². The predicted molar refractivity (Wildman–Crippen MR) is 46.5 cm³/mol. The fourth-order valence-corrected chi connectivity index (χ4v) is 0.752. The van der Waals surface area contributed by atoms with E-state index in [9.17, 15) is 4.79 Å². The number of hydrogen-bond acceptors (Lipinski definition) is 2. The van der Waals surface area contributed by atoms with E-state index in [2.05, 4.69) is 6.92 Å². The maximum atomic E-state index is 10.7. The summed E-state index contributed by atoms with van der Waals surface area (Å²) < 4.78 is 4.75. The molecule has 0 heterocycles. The van der Waals surface area contributed by atoms with Gasteiger partial charge in [0, 0.05) is 6.42 Å². The van der Waals surface area contributed by atoms with Gasteiger partial charge in [0.15, 0.2) is 0 Å². The Morgan fingerprint density at radius 1 is 1.27 bits per heavy atom. The molecule has 2 nitrogen and oxygen atoms in total. The fourth-order valence-electron chi connectivity index (χ4n) is 0.752. The Hall–Kier alpha value is 0.00247. The SMILES string of the molecule is CCCCCC(=O)OCC.[Al+3]. The van der Waals surface area contributed by atoms with Crippen LogP contribution >= 0.6 is 0 Å². The van der Waals surface area contributed by atoms with E-state index in [1.165, 1.54) is 0 Å². The minimum Gasteiger partial charge on any atom is -0.466 e. The monoisotopic (exact) mass is 171 g/mol. The first-order valence-electron chi connectivity index (χ1n) is 3.96. The summed E-state index contributed by atoms with van der Waals surface area (Å²) in [6.45, 7) is 4.45. The smallest absolute Gasteiger partial charge is 0.466 e. The first kappa shape index (κ1) is 13.6. The third-order valence-corrected chi connectivity index (χ3v) is 1.29. The van der Waals surface area contributed by atoms with Crippen molar-refractivity contribution >= 4 is 23.3 Å². The molecule has 0 saturated carbocycles. The molecule has 0 atom stereocenters. The molecule has 0 saturated heterocycles. The van der Waals surface area contributed by atoms with Crippen molar-refractivity contribution in [2.24, 2.45) is 0 Å². The molecule has 0 amide bonds. The van der Waals surface area contributed by atoms with E-state index < -0.39 is 0 Å². The van der Waals surface area contributed by atoms with Gasteiger partial charge in [-0.3, -0.25) is 4.79 Å². The Labute approximate surface area is 79.4 Å². The summed E-state index contributed by atoms with van der Waals surface area (Å²) in [7, 11) is 0. The van der Waals surface area contributed by atoms with E-state index in [0.29, 0.717) is 13.0 Å². The average molecular weight is 171 g/mol. The zero-order chi connectivity index (χ0) is 7.82. The van der Waals surface area contributed by atoms with Crippen LogP contribution in [0.4, 0.5) is 0 Å². The summed E-state index contributed by atoms with van der Waals surface area (Å²) in [5.74, 6) is -0.0593. The molecule has 0 fully saturated rings. The van der Waals surface area contributed by atoms with Crippen LogP contribution in [-0.2, 0) is 9.53 Å². The van der Waals surface area contributed by atoms with Gasteiger partial charge in [-0.05, 0) is 13.3 Å². The molecule has 0 aromatic heterocycles. The molecule has 60 valence electrons. The van der Waals surface area contributed by atoms with E-state index in [1.54, 1.807) is 0 Å². The van der Waals surface area contributed by atoms with Crippen LogP contribution in [0.5, 0.6) is 0 Å². The van der Waals surface area contributed by atoms with Crippen molar-refractivity contribution in [2.45, 2.75) is 39.5 Å². The molecule has 3 heteroatoms. The number of unbranched alkanes of at least 4 members (excludes halogenated alkanes) is 2. The number of hydrogen-bond donors (Lipinski definition) is 0. The van der Waals surface area contributed by atoms with Crippen LogP contribution in [0.15, 0.2) is 0 Å². The molecule has 0 aromatic carbocycles. The first-order chi connectivity index (χ1) is 4.81. The van der Waals surface area contributed by atoms with Crippen LogP contribution in [0.25, 0.3) is 0 Å². The van der Waals surface area contributed by atoms with Crippen LogP contribution in [0.3, 0.4) is 0 Å².